The lowest BCUT2D eigenvalue weighted by molar-refractivity contribution is 0.325. The van der Waals surface area contributed by atoms with E-state index >= 15 is 0 Å². The highest BCUT2D eigenvalue weighted by Gasteiger charge is 2.52. The molecule has 2 atom stereocenters. The van der Waals surface area contributed by atoms with Gasteiger partial charge >= 0.3 is 0 Å². The molecule has 0 bridgehead atoms. The second kappa shape index (κ2) is 16.7. The van der Waals surface area contributed by atoms with Gasteiger partial charge in [0.15, 0.2) is 0 Å². The number of benzene rings is 9. The molecule has 2 aliphatic rings. The van der Waals surface area contributed by atoms with Crippen LogP contribution in [0.2, 0.25) is 0 Å². The summed E-state index contributed by atoms with van der Waals surface area (Å²) in [4.78, 5) is 2.52. The van der Waals surface area contributed by atoms with E-state index in [1.807, 2.05) is 6.07 Å². The van der Waals surface area contributed by atoms with Gasteiger partial charge in [0.05, 0.1) is 11.4 Å². The summed E-state index contributed by atoms with van der Waals surface area (Å²) in [6.07, 6.45) is 7.46. The lowest BCUT2D eigenvalue weighted by atomic mass is 9.66. The Bertz CT molecular complexity index is 3800. The van der Waals surface area contributed by atoms with Gasteiger partial charge in [0.1, 0.15) is 11.2 Å². The highest BCUT2D eigenvalue weighted by Crippen LogP contribution is 2.58. The van der Waals surface area contributed by atoms with Gasteiger partial charge in [-0.25, -0.2) is 0 Å². The molecule has 354 valence electrons. The number of para-hydroxylation sites is 4. The van der Waals surface area contributed by atoms with Gasteiger partial charge in [0, 0.05) is 38.6 Å². The number of furan rings is 1. The van der Waals surface area contributed by atoms with Crippen LogP contribution in [0.3, 0.4) is 0 Å². The minimum absolute atomic E-state index is 0.0204. The van der Waals surface area contributed by atoms with Gasteiger partial charge in [-0.05, 0) is 113 Å². The molecular weight excluding hydrogens is 871 g/mol. The maximum Gasteiger partial charge on any atom is 0.143 e. The van der Waals surface area contributed by atoms with E-state index in [1.165, 1.54) is 60.9 Å². The molecule has 2 unspecified atom stereocenters. The average molecular weight is 934 g/mol. The molecule has 0 N–H and O–H groups in total. The van der Waals surface area contributed by atoms with Crippen LogP contribution in [0.5, 0.6) is 0 Å². The van der Waals surface area contributed by atoms with Crippen molar-refractivity contribution in [2.24, 2.45) is 5.92 Å². The Morgan fingerprint density at radius 2 is 1.04 bits per heavy atom. The van der Waals surface area contributed by atoms with Crippen molar-refractivity contribution in [1.29, 1.82) is 0 Å². The predicted octanol–water partition coefficient (Wildman–Crippen LogP) is 19.6. The van der Waals surface area contributed by atoms with Crippen molar-refractivity contribution in [3.63, 3.8) is 0 Å². The number of hydrogen-bond donors (Lipinski definition) is 0. The maximum atomic E-state index is 6.68. The molecule has 0 aliphatic heterocycles. The molecule has 0 fully saturated rings. The predicted molar refractivity (Wildman–Crippen MR) is 307 cm³/mol. The van der Waals surface area contributed by atoms with E-state index in [4.69, 9.17) is 4.42 Å². The van der Waals surface area contributed by atoms with Gasteiger partial charge in [-0.15, -0.1) is 0 Å². The number of hydrogen-bond acceptors (Lipinski definition) is 2. The molecule has 0 radical (unpaired) electrons. The highest BCUT2D eigenvalue weighted by atomic mass is 16.3. The Hall–Kier alpha value is -7.68. The van der Waals surface area contributed by atoms with Gasteiger partial charge in [0.2, 0.25) is 0 Å². The first-order chi connectivity index (χ1) is 34.6. The molecule has 0 spiro atoms. The second-order valence-electron chi connectivity index (χ2n) is 23.2. The van der Waals surface area contributed by atoms with E-state index < -0.39 is 0 Å². The third-order valence-corrected chi connectivity index (χ3v) is 16.2. The Labute approximate surface area is 426 Å². The van der Waals surface area contributed by atoms with E-state index in [0.29, 0.717) is 0 Å². The van der Waals surface area contributed by atoms with Gasteiger partial charge in [-0.3, -0.25) is 0 Å². The fraction of sp³-hybridized carbons (Fsp3) is 0.200. The number of allylic oxidation sites excluding steroid dienone is 4. The molecule has 2 aliphatic carbocycles. The summed E-state index contributed by atoms with van der Waals surface area (Å²) in [7, 11) is 0. The van der Waals surface area contributed by atoms with Crippen LogP contribution in [-0.2, 0) is 21.7 Å². The van der Waals surface area contributed by atoms with Crippen LogP contribution >= 0.6 is 0 Å². The number of rotatable bonds is 7. The molecule has 1 heterocycles. The van der Waals surface area contributed by atoms with Crippen molar-refractivity contribution in [2.45, 2.75) is 84.0 Å². The van der Waals surface area contributed by atoms with Crippen LogP contribution in [0, 0.1) is 5.92 Å². The largest absolute Gasteiger partial charge is 0.455 e. The Balaban J connectivity index is 1.09. The van der Waals surface area contributed by atoms with Crippen LogP contribution in [0.1, 0.15) is 90.1 Å². The summed E-state index contributed by atoms with van der Waals surface area (Å²) < 4.78 is 6.68. The normalized spacial score (nSPS) is 17.3. The molecule has 10 aromatic rings. The number of fused-ring (bicyclic) bond motifs is 7. The van der Waals surface area contributed by atoms with Gasteiger partial charge < -0.3 is 9.32 Å². The first kappa shape index (κ1) is 45.5. The first-order valence-electron chi connectivity index (χ1n) is 25.8. The zero-order chi connectivity index (χ0) is 49.7. The lowest BCUT2D eigenvalue weighted by Gasteiger charge is -2.38. The van der Waals surface area contributed by atoms with Crippen molar-refractivity contribution in [2.75, 3.05) is 4.90 Å². The molecule has 0 amide bonds. The Morgan fingerprint density at radius 3 is 1.78 bits per heavy atom. The van der Waals surface area contributed by atoms with E-state index in [-0.39, 0.29) is 27.6 Å². The molecule has 2 heteroatoms. The van der Waals surface area contributed by atoms with E-state index in [9.17, 15) is 0 Å². The standard InChI is InChI=1S/C70H63NO/c1-67(2,3)49-40-48(41-50(44-49)68(4,5)6)53-29-19-22-45-23-20-31-57(65(45)53)55-27-11-16-36-62(55)71(51-25-18-24-46(42-51)54-30-21-32-58-56-28-12-17-37-63(56)72-66(54)58)61-35-15-10-26-52(61)47-38-39-70(9)60-34-14-13-33-59(60)69(7,8)64(70)43-47/h10-44,64H,1-9H3. The fourth-order valence-electron chi connectivity index (χ4n) is 12.3. The summed E-state index contributed by atoms with van der Waals surface area (Å²) in [5, 5.41) is 4.71. The van der Waals surface area contributed by atoms with Crippen LogP contribution < -0.4 is 4.90 Å². The van der Waals surface area contributed by atoms with Crippen molar-refractivity contribution in [3.8, 4) is 33.4 Å². The minimum Gasteiger partial charge on any atom is -0.455 e. The van der Waals surface area contributed by atoms with Crippen molar-refractivity contribution in [1.82, 2.24) is 0 Å². The van der Waals surface area contributed by atoms with Crippen molar-refractivity contribution >= 4 is 55.3 Å². The quantitative estimate of drug-likeness (QED) is 0.158. The van der Waals surface area contributed by atoms with E-state index in [1.54, 1.807) is 0 Å². The fourth-order valence-corrected chi connectivity index (χ4v) is 12.3. The summed E-state index contributed by atoms with van der Waals surface area (Å²) >= 11 is 0. The summed E-state index contributed by atoms with van der Waals surface area (Å²) in [5.74, 6) is 0.272. The smallest absolute Gasteiger partial charge is 0.143 e. The zero-order valence-corrected chi connectivity index (χ0v) is 43.1. The van der Waals surface area contributed by atoms with Gasteiger partial charge in [-0.2, -0.15) is 0 Å². The number of anilines is 3. The summed E-state index contributed by atoms with van der Waals surface area (Å²) in [6, 6.07) is 72.1. The van der Waals surface area contributed by atoms with E-state index in [2.05, 4.69) is 273 Å². The zero-order valence-electron chi connectivity index (χ0n) is 43.1. The summed E-state index contributed by atoms with van der Waals surface area (Å²) in [6.45, 7) is 21.2. The Kier molecular flexibility index (Phi) is 10.5. The molecule has 2 nitrogen and oxygen atoms in total. The highest BCUT2D eigenvalue weighted by molar-refractivity contribution is 6.11. The van der Waals surface area contributed by atoms with Crippen LogP contribution in [0.25, 0.3) is 71.7 Å². The van der Waals surface area contributed by atoms with Crippen LogP contribution in [0.4, 0.5) is 17.1 Å². The molecule has 0 saturated carbocycles. The second-order valence-corrected chi connectivity index (χ2v) is 23.2. The monoisotopic (exact) mass is 933 g/mol. The molecule has 12 rings (SSSR count). The van der Waals surface area contributed by atoms with Crippen molar-refractivity contribution < 1.29 is 4.42 Å². The van der Waals surface area contributed by atoms with Gasteiger partial charge in [-0.1, -0.05) is 244 Å². The van der Waals surface area contributed by atoms with E-state index in [0.717, 1.165) is 55.7 Å². The molecule has 1 aromatic heterocycles. The average Bonchev–Trinajstić information content (AvgIpc) is 3.85. The topological polar surface area (TPSA) is 16.4 Å². The number of nitrogens with zero attached hydrogens (tertiary/aromatic N) is 1. The summed E-state index contributed by atoms with van der Waals surface area (Å²) in [5.41, 5.74) is 19.9. The molecule has 72 heavy (non-hydrogen) atoms. The maximum absolute atomic E-state index is 6.68. The SMILES string of the molecule is CC(C)(C)c1cc(-c2cccc3cccc(-c4ccccc4N(c4cccc(-c5cccc6c5oc5ccccc56)c4)c4ccccc4C4=CC5C(C)(C)c6ccccc6C5(C)C=C4)c23)cc(C(C)(C)C)c1. The Morgan fingerprint density at radius 1 is 0.472 bits per heavy atom. The molecule has 9 aromatic carbocycles. The first-order valence-corrected chi connectivity index (χ1v) is 25.8. The van der Waals surface area contributed by atoms with Crippen molar-refractivity contribution in [3.05, 3.63) is 240 Å². The third-order valence-electron chi connectivity index (χ3n) is 16.2. The molecular formula is C70H63NO. The lowest BCUT2D eigenvalue weighted by Crippen LogP contribution is -2.34. The van der Waals surface area contributed by atoms with Crippen LogP contribution in [0.15, 0.2) is 217 Å². The minimum atomic E-state index is -0.108. The van der Waals surface area contributed by atoms with Crippen LogP contribution in [-0.4, -0.2) is 0 Å². The molecule has 0 saturated heterocycles. The van der Waals surface area contributed by atoms with Gasteiger partial charge in [0.25, 0.3) is 0 Å². The third kappa shape index (κ3) is 7.37.